The third-order valence-corrected chi connectivity index (χ3v) is 4.41. The first-order chi connectivity index (χ1) is 11.1. The minimum atomic E-state index is 0.0838. The Labute approximate surface area is 137 Å². The molecule has 0 bridgehead atoms. The van der Waals surface area contributed by atoms with Gasteiger partial charge in [-0.25, -0.2) is 0 Å². The Balaban J connectivity index is 1.56. The molecule has 1 amide bonds. The summed E-state index contributed by atoms with van der Waals surface area (Å²) < 4.78 is 0. The van der Waals surface area contributed by atoms with Crippen LogP contribution in [0, 0.1) is 12.8 Å². The maximum atomic E-state index is 12.4. The van der Waals surface area contributed by atoms with E-state index >= 15 is 0 Å². The van der Waals surface area contributed by atoms with Crippen molar-refractivity contribution in [1.29, 1.82) is 0 Å². The highest BCUT2D eigenvalue weighted by atomic mass is 16.1. The largest absolute Gasteiger partial charge is 0.399 e. The smallest absolute Gasteiger partial charge is 0.227 e. The summed E-state index contributed by atoms with van der Waals surface area (Å²) in [5, 5.41) is 3.04. The number of aryl methyl sites for hydroxylation is 1. The summed E-state index contributed by atoms with van der Waals surface area (Å²) in [4.78, 5) is 14.7. The molecule has 4 nitrogen and oxygen atoms in total. The predicted molar refractivity (Wildman–Crippen MR) is 95.6 cm³/mol. The van der Waals surface area contributed by atoms with Crippen LogP contribution in [0.5, 0.6) is 0 Å². The van der Waals surface area contributed by atoms with Gasteiger partial charge in [-0.1, -0.05) is 12.1 Å². The molecule has 3 rings (SSSR count). The van der Waals surface area contributed by atoms with Crippen molar-refractivity contribution in [2.75, 3.05) is 29.0 Å². The number of carbonyl (C=O) groups is 1. The molecule has 1 heterocycles. The van der Waals surface area contributed by atoms with E-state index in [1.54, 1.807) is 0 Å². The molecule has 1 fully saturated rings. The van der Waals surface area contributed by atoms with Crippen LogP contribution in [0.3, 0.4) is 0 Å². The van der Waals surface area contributed by atoms with Crippen LogP contribution in [-0.2, 0) is 4.79 Å². The topological polar surface area (TPSA) is 58.4 Å². The third-order valence-electron chi connectivity index (χ3n) is 4.41. The molecule has 4 heteroatoms. The summed E-state index contributed by atoms with van der Waals surface area (Å²) in [5.74, 6) is 0.216. The molecular weight excluding hydrogens is 286 g/mol. The van der Waals surface area contributed by atoms with Crippen molar-refractivity contribution in [3.8, 4) is 0 Å². The van der Waals surface area contributed by atoms with Gasteiger partial charge < -0.3 is 16.0 Å². The van der Waals surface area contributed by atoms with Gasteiger partial charge >= 0.3 is 0 Å². The van der Waals surface area contributed by atoms with Crippen LogP contribution in [0.4, 0.5) is 17.1 Å². The lowest BCUT2D eigenvalue weighted by Gasteiger charge is -2.33. The average Bonchev–Trinajstić information content (AvgIpc) is 2.56. The van der Waals surface area contributed by atoms with Gasteiger partial charge in [-0.2, -0.15) is 0 Å². The highest BCUT2D eigenvalue weighted by molar-refractivity contribution is 5.92. The zero-order valence-electron chi connectivity index (χ0n) is 13.5. The van der Waals surface area contributed by atoms with Crippen molar-refractivity contribution in [2.24, 2.45) is 5.92 Å². The molecule has 0 atom stereocenters. The number of carbonyl (C=O) groups excluding carboxylic acids is 1. The van der Waals surface area contributed by atoms with Crippen LogP contribution < -0.4 is 16.0 Å². The Bertz CT molecular complexity index is 673. The minimum Gasteiger partial charge on any atom is -0.399 e. The SMILES string of the molecule is Cc1cccc(NC(=O)C2CCN(c3ccc(N)cc3)CC2)c1. The molecule has 2 aromatic rings. The molecule has 1 aliphatic rings. The highest BCUT2D eigenvalue weighted by Gasteiger charge is 2.25. The first-order valence-corrected chi connectivity index (χ1v) is 8.10. The Morgan fingerprint density at radius 2 is 1.83 bits per heavy atom. The lowest BCUT2D eigenvalue weighted by Crippen LogP contribution is -2.38. The number of nitrogens with two attached hydrogens (primary N) is 1. The number of piperidine rings is 1. The van der Waals surface area contributed by atoms with Crippen LogP contribution in [0.1, 0.15) is 18.4 Å². The molecule has 23 heavy (non-hydrogen) atoms. The van der Waals surface area contributed by atoms with E-state index in [1.165, 1.54) is 5.69 Å². The van der Waals surface area contributed by atoms with Gasteiger partial charge in [0.1, 0.15) is 0 Å². The Kier molecular flexibility index (Phi) is 4.51. The monoisotopic (exact) mass is 309 g/mol. The maximum absolute atomic E-state index is 12.4. The van der Waals surface area contributed by atoms with Crippen molar-refractivity contribution >= 4 is 23.0 Å². The molecular formula is C19H23N3O. The molecule has 0 aromatic heterocycles. The number of hydrogen-bond acceptors (Lipinski definition) is 3. The van der Waals surface area contributed by atoms with Gasteiger partial charge in [-0.05, 0) is 61.7 Å². The summed E-state index contributed by atoms with van der Waals surface area (Å²) >= 11 is 0. The van der Waals surface area contributed by atoms with E-state index < -0.39 is 0 Å². The number of benzene rings is 2. The van der Waals surface area contributed by atoms with Crippen LogP contribution in [-0.4, -0.2) is 19.0 Å². The van der Waals surface area contributed by atoms with Crippen molar-refractivity contribution in [3.63, 3.8) is 0 Å². The van der Waals surface area contributed by atoms with Gasteiger partial charge in [0.2, 0.25) is 5.91 Å². The first kappa shape index (κ1) is 15.4. The highest BCUT2D eigenvalue weighted by Crippen LogP contribution is 2.25. The molecule has 3 N–H and O–H groups in total. The van der Waals surface area contributed by atoms with Crippen LogP contribution in [0.15, 0.2) is 48.5 Å². The summed E-state index contributed by atoms with van der Waals surface area (Å²) in [6.45, 7) is 3.83. The van der Waals surface area contributed by atoms with Crippen LogP contribution >= 0.6 is 0 Å². The Hall–Kier alpha value is -2.49. The van der Waals surface area contributed by atoms with Gasteiger partial charge in [-0.15, -0.1) is 0 Å². The minimum absolute atomic E-state index is 0.0838. The zero-order valence-corrected chi connectivity index (χ0v) is 13.5. The number of anilines is 3. The predicted octanol–water partition coefficient (Wildman–Crippen LogP) is 3.43. The standard InChI is InChI=1S/C19H23N3O/c1-14-3-2-4-17(13-14)21-19(23)15-9-11-22(12-10-15)18-7-5-16(20)6-8-18/h2-8,13,15H,9-12,20H2,1H3,(H,21,23). The molecule has 1 saturated heterocycles. The Morgan fingerprint density at radius 3 is 2.48 bits per heavy atom. The van der Waals surface area contributed by atoms with Crippen LogP contribution in [0.2, 0.25) is 0 Å². The number of nitrogens with one attached hydrogen (secondary N) is 1. The van der Waals surface area contributed by atoms with Gasteiger partial charge in [0.25, 0.3) is 0 Å². The molecule has 1 aliphatic heterocycles. The molecule has 120 valence electrons. The van der Waals surface area contributed by atoms with E-state index in [4.69, 9.17) is 5.73 Å². The van der Waals surface area contributed by atoms with E-state index in [0.717, 1.165) is 42.9 Å². The van der Waals surface area contributed by atoms with Gasteiger partial charge in [0.15, 0.2) is 0 Å². The van der Waals surface area contributed by atoms with E-state index in [9.17, 15) is 4.79 Å². The number of nitrogen functional groups attached to an aromatic ring is 1. The van der Waals surface area contributed by atoms with Crippen LogP contribution in [0.25, 0.3) is 0 Å². The third kappa shape index (κ3) is 3.83. The summed E-state index contributed by atoms with van der Waals surface area (Å²) in [5.41, 5.74) is 9.73. The normalized spacial score (nSPS) is 15.4. The van der Waals surface area contributed by atoms with E-state index in [-0.39, 0.29) is 11.8 Å². The molecule has 0 radical (unpaired) electrons. The zero-order chi connectivity index (χ0) is 16.2. The van der Waals surface area contributed by atoms with Gasteiger partial charge in [0.05, 0.1) is 0 Å². The van der Waals surface area contributed by atoms with Crippen molar-refractivity contribution in [1.82, 2.24) is 0 Å². The van der Waals surface area contributed by atoms with E-state index in [0.29, 0.717) is 0 Å². The molecule has 0 spiro atoms. The maximum Gasteiger partial charge on any atom is 0.227 e. The second-order valence-electron chi connectivity index (χ2n) is 6.21. The fourth-order valence-electron chi connectivity index (χ4n) is 3.05. The lowest BCUT2D eigenvalue weighted by molar-refractivity contribution is -0.120. The van der Waals surface area contributed by atoms with Crippen molar-refractivity contribution in [3.05, 3.63) is 54.1 Å². The van der Waals surface area contributed by atoms with E-state index in [2.05, 4.69) is 10.2 Å². The second kappa shape index (κ2) is 6.73. The second-order valence-corrected chi connectivity index (χ2v) is 6.21. The van der Waals surface area contributed by atoms with E-state index in [1.807, 2.05) is 55.5 Å². The fraction of sp³-hybridized carbons (Fsp3) is 0.316. The number of amides is 1. The number of rotatable bonds is 3. The fourth-order valence-corrected chi connectivity index (χ4v) is 3.05. The Morgan fingerprint density at radius 1 is 1.13 bits per heavy atom. The average molecular weight is 309 g/mol. The quantitative estimate of drug-likeness (QED) is 0.854. The molecule has 2 aromatic carbocycles. The summed E-state index contributed by atoms with van der Waals surface area (Å²) in [6.07, 6.45) is 1.75. The van der Waals surface area contributed by atoms with Gasteiger partial charge in [0, 0.05) is 36.1 Å². The van der Waals surface area contributed by atoms with Crippen molar-refractivity contribution in [2.45, 2.75) is 19.8 Å². The summed E-state index contributed by atoms with van der Waals surface area (Å²) in [6, 6.07) is 15.9. The molecule has 0 unspecified atom stereocenters. The number of hydrogen-bond donors (Lipinski definition) is 2. The summed E-state index contributed by atoms with van der Waals surface area (Å²) in [7, 11) is 0. The van der Waals surface area contributed by atoms with Gasteiger partial charge in [-0.3, -0.25) is 4.79 Å². The number of nitrogens with zero attached hydrogens (tertiary/aromatic N) is 1. The lowest BCUT2D eigenvalue weighted by atomic mass is 9.95. The molecule has 0 aliphatic carbocycles. The first-order valence-electron chi connectivity index (χ1n) is 8.10. The van der Waals surface area contributed by atoms with Crippen molar-refractivity contribution < 1.29 is 4.79 Å². The molecule has 0 saturated carbocycles.